The highest BCUT2D eigenvalue weighted by Crippen LogP contribution is 2.48. The quantitative estimate of drug-likeness (QED) is 0.177. The van der Waals surface area contributed by atoms with Crippen LogP contribution in [0.15, 0.2) is 91.0 Å². The van der Waals surface area contributed by atoms with Gasteiger partial charge in [0.05, 0.1) is 24.4 Å². The monoisotopic (exact) mass is 689 g/mol. The summed E-state index contributed by atoms with van der Waals surface area (Å²) in [5.74, 6) is -1.88. The average molecular weight is 690 g/mol. The Morgan fingerprint density at radius 1 is 0.796 bits per heavy atom. The van der Waals surface area contributed by atoms with E-state index in [9.17, 15) is 19.2 Å². The number of primary amides is 1. The van der Waals surface area contributed by atoms with Crippen molar-refractivity contribution in [3.05, 3.63) is 108 Å². The summed E-state index contributed by atoms with van der Waals surface area (Å²) in [5.41, 5.74) is 7.59. The van der Waals surface area contributed by atoms with E-state index in [2.05, 4.69) is 20.9 Å². The topological polar surface area (TPSA) is 152 Å². The molecule has 1 fully saturated rings. The van der Waals surface area contributed by atoms with E-state index in [0.717, 1.165) is 29.8 Å². The number of morpholine rings is 1. The molecule has 3 aromatic rings. The third-order valence-corrected chi connectivity index (χ3v) is 9.52. The molecule has 0 aliphatic carbocycles. The lowest BCUT2D eigenvalue weighted by Gasteiger charge is -2.36. The molecular formula is C37H47N5O6S. The van der Waals surface area contributed by atoms with Gasteiger partial charge in [-0.15, -0.1) is 11.8 Å². The van der Waals surface area contributed by atoms with Crippen molar-refractivity contribution in [2.24, 2.45) is 5.73 Å². The first-order chi connectivity index (χ1) is 23.5. The molecule has 0 spiro atoms. The zero-order chi connectivity index (χ0) is 35.3. The van der Waals surface area contributed by atoms with Gasteiger partial charge in [-0.3, -0.25) is 19.3 Å². The van der Waals surface area contributed by atoms with Crippen molar-refractivity contribution in [1.82, 2.24) is 20.9 Å². The summed E-state index contributed by atoms with van der Waals surface area (Å²) in [6.07, 6.45) is -1.21. The second kappa shape index (κ2) is 17.8. The van der Waals surface area contributed by atoms with Gasteiger partial charge in [0.15, 0.2) is 0 Å². The van der Waals surface area contributed by atoms with Crippen molar-refractivity contribution < 1.29 is 28.7 Å². The maximum Gasteiger partial charge on any atom is 0.408 e. The van der Waals surface area contributed by atoms with E-state index in [-0.39, 0.29) is 5.75 Å². The second-order valence-electron chi connectivity index (χ2n) is 12.8. The van der Waals surface area contributed by atoms with Crippen molar-refractivity contribution in [1.29, 1.82) is 0 Å². The van der Waals surface area contributed by atoms with Gasteiger partial charge in [0.1, 0.15) is 17.7 Å². The van der Waals surface area contributed by atoms with Crippen LogP contribution in [0.5, 0.6) is 0 Å². The second-order valence-corrected chi connectivity index (χ2v) is 14.0. The lowest BCUT2D eigenvalue weighted by molar-refractivity contribution is -0.131. The van der Waals surface area contributed by atoms with Crippen LogP contribution in [-0.4, -0.2) is 91.5 Å². The zero-order valence-corrected chi connectivity index (χ0v) is 29.2. The number of carbonyl (C=O) groups is 4. The van der Waals surface area contributed by atoms with Crippen molar-refractivity contribution in [3.63, 3.8) is 0 Å². The fraction of sp³-hybridized carbons (Fsp3) is 0.405. The minimum atomic E-state index is -1.25. The van der Waals surface area contributed by atoms with Gasteiger partial charge in [-0.2, -0.15) is 0 Å². The number of benzene rings is 3. The summed E-state index contributed by atoms with van der Waals surface area (Å²) in [5, 5.41) is 8.23. The molecule has 4 rings (SSSR count). The van der Waals surface area contributed by atoms with Crippen molar-refractivity contribution in [2.45, 2.75) is 49.6 Å². The summed E-state index contributed by atoms with van der Waals surface area (Å²) >= 11 is 1.46. The molecule has 12 heteroatoms. The van der Waals surface area contributed by atoms with E-state index in [1.54, 1.807) is 20.8 Å². The Kier molecular flexibility index (Phi) is 13.6. The smallest absolute Gasteiger partial charge is 0.408 e. The molecule has 0 radical (unpaired) electrons. The fourth-order valence-corrected chi connectivity index (χ4v) is 7.14. The van der Waals surface area contributed by atoms with Crippen LogP contribution < -0.4 is 21.7 Å². The SMILES string of the molecule is CC(C)(C)OC(=O)N[C@@H](CSC(c1ccccc1)(c1ccccc1)c1ccccc1)C(=O)N[C@@H](CC(N)=O)C(=O)NCCN1CCOCC1. The van der Waals surface area contributed by atoms with Gasteiger partial charge in [0.2, 0.25) is 17.7 Å². The van der Waals surface area contributed by atoms with Crippen LogP contribution in [0.25, 0.3) is 0 Å². The van der Waals surface area contributed by atoms with Gasteiger partial charge < -0.3 is 31.2 Å². The third-order valence-electron chi connectivity index (χ3n) is 7.88. The van der Waals surface area contributed by atoms with Crippen LogP contribution in [0.1, 0.15) is 43.9 Å². The minimum Gasteiger partial charge on any atom is -0.444 e. The molecular weight excluding hydrogens is 643 g/mol. The van der Waals surface area contributed by atoms with Crippen LogP contribution in [-0.2, 0) is 28.6 Å². The Bertz CT molecular complexity index is 1420. The Morgan fingerprint density at radius 3 is 1.78 bits per heavy atom. The zero-order valence-electron chi connectivity index (χ0n) is 28.4. The predicted molar refractivity (Wildman–Crippen MR) is 191 cm³/mol. The van der Waals surface area contributed by atoms with Crippen LogP contribution in [0.4, 0.5) is 4.79 Å². The first-order valence-corrected chi connectivity index (χ1v) is 17.4. The number of ether oxygens (including phenoxy) is 2. The molecule has 0 saturated carbocycles. The fourth-order valence-electron chi connectivity index (χ4n) is 5.58. The van der Waals surface area contributed by atoms with Crippen molar-refractivity contribution in [3.8, 4) is 0 Å². The largest absolute Gasteiger partial charge is 0.444 e. The molecule has 0 bridgehead atoms. The van der Waals surface area contributed by atoms with E-state index in [1.807, 2.05) is 91.0 Å². The van der Waals surface area contributed by atoms with Gasteiger partial charge in [-0.1, -0.05) is 91.0 Å². The Morgan fingerprint density at radius 2 is 1.31 bits per heavy atom. The highest BCUT2D eigenvalue weighted by molar-refractivity contribution is 8.00. The highest BCUT2D eigenvalue weighted by atomic mass is 32.2. The van der Waals surface area contributed by atoms with E-state index in [0.29, 0.717) is 26.3 Å². The molecule has 0 aromatic heterocycles. The summed E-state index contributed by atoms with van der Waals surface area (Å²) in [7, 11) is 0. The van der Waals surface area contributed by atoms with Gasteiger partial charge in [-0.05, 0) is 37.5 Å². The predicted octanol–water partition coefficient (Wildman–Crippen LogP) is 3.41. The molecule has 1 heterocycles. The number of alkyl carbamates (subject to hydrolysis) is 1. The summed E-state index contributed by atoms with van der Waals surface area (Å²) in [6.45, 7) is 8.84. The van der Waals surface area contributed by atoms with Gasteiger partial charge in [0, 0.05) is 31.9 Å². The standard InChI is InChI=1S/C37H47N5O6S/c1-36(2,3)48-35(46)41-31(34(45)40-30(25-32(38)43)33(44)39-19-20-42-21-23-47-24-22-42)26-49-37(27-13-7-4-8-14-27,28-15-9-5-10-16-28)29-17-11-6-12-18-29/h4-18,30-31H,19-26H2,1-3H3,(H2,38,43)(H,39,44)(H,40,45)(H,41,46)/t30-,31-/m0/s1. The minimum absolute atomic E-state index is 0.0751. The number of nitrogens with two attached hydrogens (primary N) is 1. The first-order valence-electron chi connectivity index (χ1n) is 16.4. The number of carbonyl (C=O) groups excluding carboxylic acids is 4. The number of nitrogens with one attached hydrogen (secondary N) is 3. The Hall–Kier alpha value is -4.39. The van der Waals surface area contributed by atoms with Gasteiger partial charge in [0.25, 0.3) is 0 Å². The van der Waals surface area contributed by atoms with E-state index in [1.165, 1.54) is 11.8 Å². The van der Waals surface area contributed by atoms with E-state index in [4.69, 9.17) is 15.2 Å². The van der Waals surface area contributed by atoms with E-state index < -0.39 is 52.7 Å². The number of amides is 4. The first kappa shape index (κ1) is 37.4. The number of hydrogen-bond donors (Lipinski definition) is 4. The molecule has 5 N–H and O–H groups in total. The normalized spacial score (nSPS) is 15.0. The molecule has 11 nitrogen and oxygen atoms in total. The summed E-state index contributed by atoms with van der Waals surface area (Å²) in [6, 6.07) is 27.4. The Balaban J connectivity index is 1.63. The molecule has 3 aromatic carbocycles. The van der Waals surface area contributed by atoms with Gasteiger partial charge in [-0.25, -0.2) is 4.79 Å². The van der Waals surface area contributed by atoms with Crippen LogP contribution >= 0.6 is 11.8 Å². The van der Waals surface area contributed by atoms with Crippen LogP contribution in [0, 0.1) is 0 Å². The van der Waals surface area contributed by atoms with Gasteiger partial charge >= 0.3 is 6.09 Å². The van der Waals surface area contributed by atoms with Crippen molar-refractivity contribution in [2.75, 3.05) is 45.1 Å². The maximum atomic E-state index is 14.0. The van der Waals surface area contributed by atoms with E-state index >= 15 is 0 Å². The van der Waals surface area contributed by atoms with Crippen LogP contribution in [0.2, 0.25) is 0 Å². The van der Waals surface area contributed by atoms with Crippen LogP contribution in [0.3, 0.4) is 0 Å². The third kappa shape index (κ3) is 11.1. The number of thioether (sulfide) groups is 1. The highest BCUT2D eigenvalue weighted by Gasteiger charge is 2.39. The molecule has 4 amide bonds. The summed E-state index contributed by atoms with van der Waals surface area (Å²) < 4.78 is 10.1. The lowest BCUT2D eigenvalue weighted by atomic mass is 9.84. The van der Waals surface area contributed by atoms with Crippen molar-refractivity contribution >= 4 is 35.6 Å². The average Bonchev–Trinajstić information content (AvgIpc) is 3.08. The molecule has 1 aliphatic rings. The number of nitrogens with zero attached hydrogens (tertiary/aromatic N) is 1. The summed E-state index contributed by atoms with van der Waals surface area (Å²) in [4.78, 5) is 54.6. The molecule has 1 saturated heterocycles. The molecule has 49 heavy (non-hydrogen) atoms. The maximum absolute atomic E-state index is 14.0. The molecule has 0 unspecified atom stereocenters. The molecule has 2 atom stereocenters. The molecule has 1 aliphatic heterocycles. The Labute approximate surface area is 292 Å². The number of hydrogen-bond acceptors (Lipinski definition) is 8. The lowest BCUT2D eigenvalue weighted by Crippen LogP contribution is -2.56. The number of rotatable bonds is 15. The molecule has 262 valence electrons.